The highest BCUT2D eigenvalue weighted by Gasteiger charge is 2.12. The Kier molecular flexibility index (Phi) is 3.50. The van der Waals surface area contributed by atoms with Gasteiger partial charge in [0, 0.05) is 26.3 Å². The van der Waals surface area contributed by atoms with Crippen LogP contribution in [0.4, 0.5) is 5.69 Å². The van der Waals surface area contributed by atoms with Crippen molar-refractivity contribution in [3.05, 3.63) is 63.1 Å². The summed E-state index contributed by atoms with van der Waals surface area (Å²) in [5.41, 5.74) is 7.34. The molecular weight excluding hydrogens is 302 g/mol. The molecule has 0 aromatic heterocycles. The van der Waals surface area contributed by atoms with E-state index in [1.165, 1.54) is 0 Å². The summed E-state index contributed by atoms with van der Waals surface area (Å²) in [4.78, 5) is 12.2. The molecule has 0 radical (unpaired) electrons. The molecule has 0 aliphatic rings. The van der Waals surface area contributed by atoms with Crippen LogP contribution in [0.15, 0.2) is 46.9 Å². The maximum Gasteiger partial charge on any atom is 0.194 e. The fourth-order valence-electron chi connectivity index (χ4n) is 1.46. The molecule has 2 N–H and O–H groups in total. The van der Waals surface area contributed by atoms with Gasteiger partial charge in [0.1, 0.15) is 0 Å². The Balaban J connectivity index is 2.43. The minimum absolute atomic E-state index is 0.0839. The van der Waals surface area contributed by atoms with Crippen molar-refractivity contribution in [1.29, 1.82) is 0 Å². The van der Waals surface area contributed by atoms with Gasteiger partial charge in [-0.3, -0.25) is 4.79 Å². The largest absolute Gasteiger partial charge is 0.399 e. The second kappa shape index (κ2) is 4.90. The van der Waals surface area contributed by atoms with E-state index < -0.39 is 0 Å². The van der Waals surface area contributed by atoms with Crippen LogP contribution in [-0.2, 0) is 0 Å². The number of benzene rings is 2. The second-order valence-electron chi connectivity index (χ2n) is 3.58. The van der Waals surface area contributed by atoms with Crippen LogP contribution in [0.5, 0.6) is 0 Å². The highest BCUT2D eigenvalue weighted by atomic mass is 79.9. The van der Waals surface area contributed by atoms with Crippen LogP contribution in [0.3, 0.4) is 0 Å². The highest BCUT2D eigenvalue weighted by Crippen LogP contribution is 2.24. The Labute approximate surface area is 113 Å². The van der Waals surface area contributed by atoms with Crippen molar-refractivity contribution in [2.45, 2.75) is 0 Å². The zero-order valence-corrected chi connectivity index (χ0v) is 11.1. The normalized spacial score (nSPS) is 10.2. The zero-order valence-electron chi connectivity index (χ0n) is 8.78. The summed E-state index contributed by atoms with van der Waals surface area (Å²) in [6, 6.07) is 11.9. The monoisotopic (exact) mass is 309 g/mol. The second-order valence-corrected chi connectivity index (χ2v) is 4.87. The van der Waals surface area contributed by atoms with E-state index in [0.29, 0.717) is 21.8 Å². The van der Waals surface area contributed by atoms with Crippen molar-refractivity contribution in [3.63, 3.8) is 0 Å². The standard InChI is InChI=1S/C13H9BrClNO/c14-12-6-3-9(15)7-11(12)13(17)8-1-4-10(16)5-2-8/h1-7H,16H2. The predicted octanol–water partition coefficient (Wildman–Crippen LogP) is 3.92. The third kappa shape index (κ3) is 2.68. The van der Waals surface area contributed by atoms with Gasteiger partial charge in [-0.1, -0.05) is 27.5 Å². The average molecular weight is 311 g/mol. The lowest BCUT2D eigenvalue weighted by Crippen LogP contribution is -2.02. The molecule has 0 fully saturated rings. The number of rotatable bonds is 2. The molecule has 4 heteroatoms. The van der Waals surface area contributed by atoms with Crippen molar-refractivity contribution < 1.29 is 4.79 Å². The first-order chi connectivity index (χ1) is 8.08. The third-order valence-corrected chi connectivity index (χ3v) is 3.27. The molecule has 0 heterocycles. The molecule has 2 aromatic carbocycles. The number of hydrogen-bond acceptors (Lipinski definition) is 2. The predicted molar refractivity (Wildman–Crippen MR) is 73.4 cm³/mol. The number of hydrogen-bond donors (Lipinski definition) is 1. The van der Waals surface area contributed by atoms with Crippen molar-refractivity contribution in [2.24, 2.45) is 0 Å². The quantitative estimate of drug-likeness (QED) is 0.675. The molecule has 0 saturated carbocycles. The Morgan fingerprint density at radius 2 is 1.76 bits per heavy atom. The van der Waals surface area contributed by atoms with Crippen LogP contribution in [0.25, 0.3) is 0 Å². The number of carbonyl (C=O) groups excluding carboxylic acids is 1. The van der Waals surface area contributed by atoms with Crippen LogP contribution in [-0.4, -0.2) is 5.78 Å². The summed E-state index contributed by atoms with van der Waals surface area (Å²) in [5, 5.41) is 0.534. The maximum absolute atomic E-state index is 12.2. The molecule has 0 atom stereocenters. The van der Waals surface area contributed by atoms with Crippen LogP contribution in [0, 0.1) is 0 Å². The summed E-state index contributed by atoms with van der Waals surface area (Å²) in [5.74, 6) is -0.0839. The van der Waals surface area contributed by atoms with Crippen LogP contribution in [0.2, 0.25) is 5.02 Å². The zero-order chi connectivity index (χ0) is 12.4. The topological polar surface area (TPSA) is 43.1 Å². The van der Waals surface area contributed by atoms with Crippen molar-refractivity contribution in [1.82, 2.24) is 0 Å². The fraction of sp³-hybridized carbons (Fsp3) is 0. The number of ketones is 1. The van der Waals surface area contributed by atoms with Crippen molar-refractivity contribution in [3.8, 4) is 0 Å². The van der Waals surface area contributed by atoms with E-state index in [2.05, 4.69) is 15.9 Å². The summed E-state index contributed by atoms with van der Waals surface area (Å²) in [6.07, 6.45) is 0. The fourth-order valence-corrected chi connectivity index (χ4v) is 2.06. The Hall–Kier alpha value is -1.32. The molecule has 86 valence electrons. The molecule has 0 bridgehead atoms. The lowest BCUT2D eigenvalue weighted by molar-refractivity contribution is 0.103. The van der Waals surface area contributed by atoms with Crippen molar-refractivity contribution in [2.75, 3.05) is 5.73 Å². The van der Waals surface area contributed by atoms with E-state index >= 15 is 0 Å². The minimum atomic E-state index is -0.0839. The van der Waals surface area contributed by atoms with E-state index in [1.807, 2.05) is 0 Å². The Morgan fingerprint density at radius 1 is 1.12 bits per heavy atom. The molecule has 0 aliphatic heterocycles. The van der Waals surface area contributed by atoms with E-state index in [-0.39, 0.29) is 5.78 Å². The molecule has 2 nitrogen and oxygen atoms in total. The molecule has 17 heavy (non-hydrogen) atoms. The van der Waals surface area contributed by atoms with Crippen molar-refractivity contribution >= 4 is 39.0 Å². The minimum Gasteiger partial charge on any atom is -0.399 e. The van der Waals surface area contributed by atoms with E-state index in [1.54, 1.807) is 42.5 Å². The lowest BCUT2D eigenvalue weighted by atomic mass is 10.0. The lowest BCUT2D eigenvalue weighted by Gasteiger charge is -2.04. The highest BCUT2D eigenvalue weighted by molar-refractivity contribution is 9.10. The molecule has 0 saturated heterocycles. The Morgan fingerprint density at radius 3 is 2.41 bits per heavy atom. The number of nitrogen functional groups attached to an aromatic ring is 1. The molecule has 2 aromatic rings. The van der Waals surface area contributed by atoms with Crippen LogP contribution >= 0.6 is 27.5 Å². The number of halogens is 2. The average Bonchev–Trinajstić information content (AvgIpc) is 2.32. The van der Waals surface area contributed by atoms with Gasteiger partial charge >= 0.3 is 0 Å². The van der Waals surface area contributed by atoms with Gasteiger partial charge in [0.25, 0.3) is 0 Å². The van der Waals surface area contributed by atoms with Gasteiger partial charge in [0.15, 0.2) is 5.78 Å². The third-order valence-electron chi connectivity index (χ3n) is 2.35. The molecular formula is C13H9BrClNO. The smallest absolute Gasteiger partial charge is 0.194 e. The van der Waals surface area contributed by atoms with Gasteiger partial charge in [0.2, 0.25) is 0 Å². The van der Waals surface area contributed by atoms with Gasteiger partial charge in [0.05, 0.1) is 0 Å². The SMILES string of the molecule is Nc1ccc(C(=O)c2cc(Cl)ccc2Br)cc1. The number of nitrogens with two attached hydrogens (primary N) is 1. The summed E-state index contributed by atoms with van der Waals surface area (Å²) in [7, 11) is 0. The summed E-state index contributed by atoms with van der Waals surface area (Å²) >= 11 is 9.22. The number of carbonyl (C=O) groups is 1. The molecule has 0 spiro atoms. The van der Waals surface area contributed by atoms with E-state index in [0.717, 1.165) is 4.47 Å². The molecule has 0 aliphatic carbocycles. The maximum atomic E-state index is 12.2. The summed E-state index contributed by atoms with van der Waals surface area (Å²) in [6.45, 7) is 0. The van der Waals surface area contributed by atoms with Gasteiger partial charge in [-0.2, -0.15) is 0 Å². The first-order valence-corrected chi connectivity index (χ1v) is 6.10. The molecule has 0 unspecified atom stereocenters. The Bertz CT molecular complexity index is 566. The van der Waals surface area contributed by atoms with Gasteiger partial charge in [-0.15, -0.1) is 0 Å². The van der Waals surface area contributed by atoms with Gasteiger partial charge in [-0.25, -0.2) is 0 Å². The molecule has 0 amide bonds. The van der Waals surface area contributed by atoms with E-state index in [9.17, 15) is 4.79 Å². The van der Waals surface area contributed by atoms with Crippen LogP contribution < -0.4 is 5.73 Å². The van der Waals surface area contributed by atoms with E-state index in [4.69, 9.17) is 17.3 Å². The first kappa shape index (κ1) is 12.1. The first-order valence-electron chi connectivity index (χ1n) is 4.93. The van der Waals surface area contributed by atoms with Gasteiger partial charge < -0.3 is 5.73 Å². The summed E-state index contributed by atoms with van der Waals surface area (Å²) < 4.78 is 0.726. The molecule has 2 rings (SSSR count). The van der Waals surface area contributed by atoms with Gasteiger partial charge in [-0.05, 0) is 42.5 Å². The number of anilines is 1. The van der Waals surface area contributed by atoms with Crippen LogP contribution in [0.1, 0.15) is 15.9 Å².